The quantitative estimate of drug-likeness (QED) is 0.472. The van der Waals surface area contributed by atoms with Gasteiger partial charge in [0.05, 0.1) is 16.9 Å². The highest BCUT2D eigenvalue weighted by molar-refractivity contribution is 7.12. The summed E-state index contributed by atoms with van der Waals surface area (Å²) in [4.78, 5) is 28.3. The van der Waals surface area contributed by atoms with Crippen molar-refractivity contribution in [1.29, 1.82) is 0 Å². The molecule has 0 bridgehead atoms. The van der Waals surface area contributed by atoms with Crippen LogP contribution >= 0.6 is 11.3 Å². The highest BCUT2D eigenvalue weighted by Gasteiger charge is 2.35. The largest absolute Gasteiger partial charge is 0.352 e. The van der Waals surface area contributed by atoms with Crippen molar-refractivity contribution in [3.63, 3.8) is 0 Å². The third kappa shape index (κ3) is 4.63. The van der Waals surface area contributed by atoms with E-state index in [1.165, 1.54) is 17.7 Å². The van der Waals surface area contributed by atoms with Gasteiger partial charge in [0.15, 0.2) is 0 Å². The van der Waals surface area contributed by atoms with Crippen LogP contribution in [0, 0.1) is 18.8 Å². The maximum Gasteiger partial charge on any atom is 0.252 e. The van der Waals surface area contributed by atoms with Gasteiger partial charge in [-0.25, -0.2) is 0 Å². The maximum absolute atomic E-state index is 13.4. The maximum atomic E-state index is 13.4. The molecule has 0 aromatic carbocycles. The van der Waals surface area contributed by atoms with Crippen LogP contribution in [0.1, 0.15) is 69.5 Å². The molecular formula is C25H31N7O2S. The van der Waals surface area contributed by atoms with Crippen molar-refractivity contribution in [3.05, 3.63) is 39.1 Å². The minimum Gasteiger partial charge on any atom is -0.352 e. The molecule has 0 spiro atoms. The number of thiophene rings is 1. The molecule has 1 atom stereocenters. The Kier molecular flexibility index (Phi) is 5.70. The van der Waals surface area contributed by atoms with Gasteiger partial charge >= 0.3 is 0 Å². The summed E-state index contributed by atoms with van der Waals surface area (Å²) in [6.45, 7) is 2.69. The van der Waals surface area contributed by atoms with E-state index in [4.69, 9.17) is 0 Å². The summed E-state index contributed by atoms with van der Waals surface area (Å²) in [5, 5.41) is 19.4. The number of fused-ring (bicyclic) bond motifs is 1. The molecule has 0 unspecified atom stereocenters. The molecule has 3 aliphatic carbocycles. The van der Waals surface area contributed by atoms with Gasteiger partial charge in [0.25, 0.3) is 5.91 Å². The van der Waals surface area contributed by atoms with Gasteiger partial charge in [0.1, 0.15) is 12.1 Å². The number of Topliss-reactive ketones (excluding diaryl/α,β-unsaturated/α-hetero) is 1. The molecule has 184 valence electrons. The normalized spacial score (nSPS) is 19.4. The first-order chi connectivity index (χ1) is 17.0. The first-order valence-corrected chi connectivity index (χ1v) is 13.4. The number of nitrogens with zero attached hydrogens (tertiary/aromatic N) is 5. The van der Waals surface area contributed by atoms with Crippen molar-refractivity contribution < 1.29 is 9.59 Å². The number of carbonyl (C=O) groups excluding carboxylic acids is 2. The fourth-order valence-corrected chi connectivity index (χ4v) is 6.40. The van der Waals surface area contributed by atoms with Crippen LogP contribution in [-0.4, -0.2) is 42.8 Å². The van der Waals surface area contributed by atoms with Gasteiger partial charge in [-0.3, -0.25) is 18.8 Å². The van der Waals surface area contributed by atoms with Crippen molar-refractivity contribution in [2.24, 2.45) is 18.9 Å². The summed E-state index contributed by atoms with van der Waals surface area (Å²) in [5.74, 6) is 1.76. The Hall–Kier alpha value is -3.01. The van der Waals surface area contributed by atoms with Crippen molar-refractivity contribution >= 4 is 34.7 Å². The number of nitrogens with one attached hydrogen (secondary N) is 2. The summed E-state index contributed by atoms with van der Waals surface area (Å²) in [6, 6.07) is 0.133. The fraction of sp³-hybridized carbons (Fsp3) is 0.560. The molecule has 9 nitrogen and oxygen atoms in total. The lowest BCUT2D eigenvalue weighted by atomic mass is 9.90. The highest BCUT2D eigenvalue weighted by atomic mass is 32.1. The number of ketones is 1. The third-order valence-corrected chi connectivity index (χ3v) is 8.67. The van der Waals surface area contributed by atoms with Crippen LogP contribution in [0.3, 0.4) is 0 Å². The Morgan fingerprint density at radius 1 is 1.20 bits per heavy atom. The van der Waals surface area contributed by atoms with Crippen LogP contribution in [-0.2, 0) is 31.1 Å². The molecule has 1 amide bonds. The zero-order valence-corrected chi connectivity index (χ0v) is 21.0. The molecule has 2 N–H and O–H groups in total. The first kappa shape index (κ1) is 22.5. The van der Waals surface area contributed by atoms with E-state index in [1.807, 2.05) is 20.2 Å². The van der Waals surface area contributed by atoms with Gasteiger partial charge in [-0.2, -0.15) is 5.10 Å². The number of aryl methyl sites for hydroxylation is 3. The van der Waals surface area contributed by atoms with E-state index in [2.05, 4.69) is 30.5 Å². The molecule has 3 aliphatic rings. The second-order valence-corrected chi connectivity index (χ2v) is 11.4. The second-order valence-electron chi connectivity index (χ2n) is 10.3. The minimum absolute atomic E-state index is 0.0123. The van der Waals surface area contributed by atoms with E-state index >= 15 is 0 Å². The molecule has 3 aromatic rings. The van der Waals surface area contributed by atoms with E-state index < -0.39 is 0 Å². The van der Waals surface area contributed by atoms with Gasteiger partial charge in [0, 0.05) is 47.9 Å². The van der Waals surface area contributed by atoms with Crippen LogP contribution in [0.2, 0.25) is 0 Å². The van der Waals surface area contributed by atoms with Gasteiger partial charge < -0.3 is 10.6 Å². The number of rotatable bonds is 9. The van der Waals surface area contributed by atoms with E-state index in [0.717, 1.165) is 66.0 Å². The molecular weight excluding hydrogens is 462 g/mol. The van der Waals surface area contributed by atoms with Crippen molar-refractivity contribution in [1.82, 2.24) is 29.9 Å². The Morgan fingerprint density at radius 3 is 2.74 bits per heavy atom. The Morgan fingerprint density at radius 2 is 2.03 bits per heavy atom. The van der Waals surface area contributed by atoms with Crippen LogP contribution < -0.4 is 10.6 Å². The smallest absolute Gasteiger partial charge is 0.252 e. The van der Waals surface area contributed by atoms with Crippen LogP contribution in [0.5, 0.6) is 0 Å². The average molecular weight is 494 g/mol. The third-order valence-electron chi connectivity index (χ3n) is 7.38. The number of aromatic nitrogens is 5. The molecule has 6 rings (SSSR count). The highest BCUT2D eigenvalue weighted by Crippen LogP contribution is 2.41. The number of hydrogen-bond acceptors (Lipinski definition) is 7. The molecule has 0 saturated heterocycles. The summed E-state index contributed by atoms with van der Waals surface area (Å²) < 4.78 is 3.85. The lowest BCUT2D eigenvalue weighted by molar-refractivity contribution is -0.119. The minimum atomic E-state index is -0.0123. The van der Waals surface area contributed by atoms with Crippen LogP contribution in [0.4, 0.5) is 11.6 Å². The Bertz CT molecular complexity index is 1280. The lowest BCUT2D eigenvalue weighted by Crippen LogP contribution is -2.28. The SMILES string of the molecule is Cc1nn(C)cc1Nc1nncn1[C@H]1CCc2sc(CC(=O)C3CC3)c(C(=O)NCC3CC3)c2C1. The molecule has 35 heavy (non-hydrogen) atoms. The van der Waals surface area contributed by atoms with Crippen molar-refractivity contribution in [2.45, 2.75) is 64.3 Å². The molecule has 2 fully saturated rings. The lowest BCUT2D eigenvalue weighted by Gasteiger charge is -2.25. The van der Waals surface area contributed by atoms with Crippen molar-refractivity contribution in [2.75, 3.05) is 11.9 Å². The molecule has 0 radical (unpaired) electrons. The molecule has 3 heterocycles. The average Bonchev–Trinajstić information content (AvgIpc) is 3.74. The number of carbonyl (C=O) groups is 2. The van der Waals surface area contributed by atoms with Gasteiger partial charge in [0.2, 0.25) is 5.95 Å². The zero-order chi connectivity index (χ0) is 24.1. The Labute approximate surface area is 208 Å². The standard InChI is InChI=1S/C25H31N7O2S/c1-14-19(12-31(2)30-14)28-25-29-27-13-32(25)17-7-8-21-18(9-17)23(24(34)26-11-15-3-4-15)22(35-21)10-20(33)16-5-6-16/h12-13,15-17H,3-11H2,1-2H3,(H,26,34)(H,28,29)/t17-/m0/s1. The fourth-order valence-electron chi connectivity index (χ4n) is 5.05. The molecule has 10 heteroatoms. The summed E-state index contributed by atoms with van der Waals surface area (Å²) in [7, 11) is 1.89. The summed E-state index contributed by atoms with van der Waals surface area (Å²) >= 11 is 1.68. The van der Waals surface area contributed by atoms with Crippen LogP contribution in [0.25, 0.3) is 0 Å². The van der Waals surface area contributed by atoms with Gasteiger partial charge in [-0.15, -0.1) is 21.5 Å². The topological polar surface area (TPSA) is 107 Å². The number of anilines is 2. The predicted octanol–water partition coefficient (Wildman–Crippen LogP) is 3.52. The monoisotopic (exact) mass is 493 g/mol. The van der Waals surface area contributed by atoms with Gasteiger partial charge in [-0.1, -0.05) is 0 Å². The first-order valence-electron chi connectivity index (χ1n) is 12.6. The van der Waals surface area contributed by atoms with E-state index in [9.17, 15) is 9.59 Å². The number of hydrogen-bond donors (Lipinski definition) is 2. The van der Waals surface area contributed by atoms with Crippen molar-refractivity contribution in [3.8, 4) is 0 Å². The van der Waals surface area contributed by atoms with Crippen LogP contribution in [0.15, 0.2) is 12.5 Å². The second kappa shape index (κ2) is 8.89. The predicted molar refractivity (Wildman–Crippen MR) is 133 cm³/mol. The van der Waals surface area contributed by atoms with E-state index in [0.29, 0.717) is 18.3 Å². The number of amides is 1. The summed E-state index contributed by atoms with van der Waals surface area (Å²) in [5.41, 5.74) is 3.66. The Balaban J connectivity index is 1.27. The van der Waals surface area contributed by atoms with E-state index in [-0.39, 0.29) is 23.7 Å². The van der Waals surface area contributed by atoms with Gasteiger partial charge in [-0.05, 0) is 63.4 Å². The molecule has 3 aromatic heterocycles. The zero-order valence-electron chi connectivity index (χ0n) is 20.2. The van der Waals surface area contributed by atoms with E-state index in [1.54, 1.807) is 22.3 Å². The summed E-state index contributed by atoms with van der Waals surface area (Å²) in [6.07, 6.45) is 11.0. The molecule has 0 aliphatic heterocycles. The molecule has 2 saturated carbocycles.